The molecule has 0 fully saturated rings. The molecule has 25 heavy (non-hydrogen) atoms. The van der Waals surface area contributed by atoms with E-state index in [1.165, 1.54) is 30.9 Å². The Hall–Kier alpha value is -2.04. The van der Waals surface area contributed by atoms with Crippen LogP contribution in [-0.4, -0.2) is 36.4 Å². The van der Waals surface area contributed by atoms with Crippen molar-refractivity contribution in [1.82, 2.24) is 10.6 Å². The Labute approximate surface area is 150 Å². The molecule has 0 spiro atoms. The molecule has 0 heterocycles. The zero-order valence-electron chi connectivity index (χ0n) is 14.9. The van der Waals surface area contributed by atoms with Gasteiger partial charge >= 0.3 is 0 Å². The van der Waals surface area contributed by atoms with Gasteiger partial charge in [-0.3, -0.25) is 0 Å². The minimum Gasteiger partial charge on any atom is -0.504 e. The van der Waals surface area contributed by atoms with Gasteiger partial charge in [0.2, 0.25) is 0 Å². The Balaban J connectivity index is 1.39. The topological polar surface area (TPSA) is 64.5 Å². The number of rotatable bonds is 12. The number of hydrogen-bond donors (Lipinski definition) is 4. The Kier molecular flexibility index (Phi) is 8.87. The second kappa shape index (κ2) is 11.5. The zero-order chi connectivity index (χ0) is 17.7. The van der Waals surface area contributed by atoms with E-state index in [1.54, 1.807) is 6.07 Å². The van der Waals surface area contributed by atoms with Crippen LogP contribution in [0.25, 0.3) is 0 Å². The Morgan fingerprint density at radius 1 is 0.600 bits per heavy atom. The molecule has 0 saturated carbocycles. The van der Waals surface area contributed by atoms with Gasteiger partial charge in [-0.2, -0.15) is 0 Å². The molecule has 0 bridgehead atoms. The average Bonchev–Trinajstić information content (AvgIpc) is 2.63. The van der Waals surface area contributed by atoms with Gasteiger partial charge in [0.1, 0.15) is 0 Å². The van der Waals surface area contributed by atoms with Crippen molar-refractivity contribution in [3.05, 3.63) is 59.7 Å². The molecule has 2 aromatic carbocycles. The summed E-state index contributed by atoms with van der Waals surface area (Å²) in [5.41, 5.74) is 2.42. The highest BCUT2D eigenvalue weighted by Crippen LogP contribution is 2.24. The van der Waals surface area contributed by atoms with Crippen molar-refractivity contribution in [1.29, 1.82) is 0 Å². The maximum atomic E-state index is 9.45. The molecule has 0 unspecified atom stereocenters. The maximum absolute atomic E-state index is 9.45. The summed E-state index contributed by atoms with van der Waals surface area (Å²) in [5, 5.41) is 25.7. The van der Waals surface area contributed by atoms with Crippen molar-refractivity contribution < 1.29 is 10.2 Å². The van der Waals surface area contributed by atoms with Crippen LogP contribution in [0.4, 0.5) is 0 Å². The lowest BCUT2D eigenvalue weighted by Crippen LogP contribution is -2.20. The zero-order valence-corrected chi connectivity index (χ0v) is 14.9. The van der Waals surface area contributed by atoms with Gasteiger partial charge in [-0.05, 0) is 75.1 Å². The first kappa shape index (κ1) is 19.3. The van der Waals surface area contributed by atoms with Gasteiger partial charge in [0.05, 0.1) is 0 Å². The van der Waals surface area contributed by atoms with Crippen LogP contribution in [-0.2, 0) is 12.8 Å². The lowest BCUT2D eigenvalue weighted by molar-refractivity contribution is 0.403. The summed E-state index contributed by atoms with van der Waals surface area (Å²) < 4.78 is 0. The van der Waals surface area contributed by atoms with E-state index in [2.05, 4.69) is 41.0 Å². The highest BCUT2D eigenvalue weighted by Gasteiger charge is 2.00. The van der Waals surface area contributed by atoms with Crippen LogP contribution in [0.3, 0.4) is 0 Å². The number of hydrogen-bond acceptors (Lipinski definition) is 4. The summed E-state index contributed by atoms with van der Waals surface area (Å²) in [6.07, 6.45) is 5.57. The molecule has 4 heteroatoms. The molecule has 0 aliphatic carbocycles. The van der Waals surface area contributed by atoms with E-state index in [-0.39, 0.29) is 11.5 Å². The van der Waals surface area contributed by atoms with E-state index >= 15 is 0 Å². The molecular formula is C21H30N2O2. The van der Waals surface area contributed by atoms with E-state index in [4.69, 9.17) is 0 Å². The van der Waals surface area contributed by atoms with Crippen molar-refractivity contribution in [2.24, 2.45) is 0 Å². The van der Waals surface area contributed by atoms with Gasteiger partial charge < -0.3 is 20.8 Å². The molecule has 0 radical (unpaired) electrons. The van der Waals surface area contributed by atoms with E-state index in [1.807, 2.05) is 6.07 Å². The Morgan fingerprint density at radius 2 is 1.24 bits per heavy atom. The van der Waals surface area contributed by atoms with E-state index in [0.717, 1.165) is 44.6 Å². The van der Waals surface area contributed by atoms with Crippen LogP contribution in [0.5, 0.6) is 11.5 Å². The normalized spacial score (nSPS) is 10.9. The second-order valence-corrected chi connectivity index (χ2v) is 6.37. The first-order valence-electron chi connectivity index (χ1n) is 9.22. The Bertz CT molecular complexity index is 602. The standard InChI is InChI=1S/C21H30N2O2/c24-20-10-9-19(17-21(20)25)12-16-23-14-6-2-5-13-22-15-11-18-7-3-1-4-8-18/h1,3-4,7-10,17,22-25H,2,5-6,11-16H2. The van der Waals surface area contributed by atoms with Crippen molar-refractivity contribution in [3.8, 4) is 11.5 Å². The largest absolute Gasteiger partial charge is 0.504 e. The molecule has 2 rings (SSSR count). The minimum absolute atomic E-state index is 0.0442. The van der Waals surface area contributed by atoms with Crippen molar-refractivity contribution in [2.75, 3.05) is 26.2 Å². The molecule has 0 saturated heterocycles. The van der Waals surface area contributed by atoms with Gasteiger partial charge in [0, 0.05) is 0 Å². The summed E-state index contributed by atoms with van der Waals surface area (Å²) in [4.78, 5) is 0. The van der Waals surface area contributed by atoms with Crippen molar-refractivity contribution in [2.45, 2.75) is 32.1 Å². The summed E-state index contributed by atoms with van der Waals surface area (Å²) in [5.74, 6) is -0.105. The van der Waals surface area contributed by atoms with Crippen LogP contribution in [0.2, 0.25) is 0 Å². The fraction of sp³-hybridized carbons (Fsp3) is 0.429. The van der Waals surface area contributed by atoms with Crippen LogP contribution in [0, 0.1) is 0 Å². The third-order valence-electron chi connectivity index (χ3n) is 4.27. The number of phenolic OH excluding ortho intramolecular Hbond substituents is 2. The summed E-state index contributed by atoms with van der Waals surface area (Å²) in [6, 6.07) is 15.6. The van der Waals surface area contributed by atoms with Crippen LogP contribution in [0.15, 0.2) is 48.5 Å². The Morgan fingerprint density at radius 3 is 1.88 bits per heavy atom. The molecule has 4 nitrogen and oxygen atoms in total. The van der Waals surface area contributed by atoms with E-state index in [0.29, 0.717) is 0 Å². The lowest BCUT2D eigenvalue weighted by Gasteiger charge is -2.07. The number of phenols is 2. The predicted molar refractivity (Wildman–Crippen MR) is 103 cm³/mol. The SMILES string of the molecule is Oc1ccc(CCNCCCCCNCCc2ccccc2)cc1O. The summed E-state index contributed by atoms with van der Waals surface area (Å²) in [6.45, 7) is 4.04. The first-order valence-corrected chi connectivity index (χ1v) is 9.22. The fourth-order valence-electron chi connectivity index (χ4n) is 2.76. The van der Waals surface area contributed by atoms with Gasteiger partial charge in [-0.1, -0.05) is 42.8 Å². The third-order valence-corrected chi connectivity index (χ3v) is 4.27. The monoisotopic (exact) mass is 342 g/mol. The number of unbranched alkanes of at least 4 members (excludes halogenated alkanes) is 2. The number of benzene rings is 2. The van der Waals surface area contributed by atoms with Crippen LogP contribution in [0.1, 0.15) is 30.4 Å². The van der Waals surface area contributed by atoms with Gasteiger partial charge in [0.15, 0.2) is 11.5 Å². The van der Waals surface area contributed by atoms with Crippen LogP contribution >= 0.6 is 0 Å². The number of nitrogens with one attached hydrogen (secondary N) is 2. The maximum Gasteiger partial charge on any atom is 0.157 e. The van der Waals surface area contributed by atoms with Crippen molar-refractivity contribution in [3.63, 3.8) is 0 Å². The summed E-state index contributed by atoms with van der Waals surface area (Å²) in [7, 11) is 0. The first-order chi connectivity index (χ1) is 12.3. The van der Waals surface area contributed by atoms with Gasteiger partial charge in [-0.25, -0.2) is 0 Å². The quantitative estimate of drug-likeness (QED) is 0.353. The van der Waals surface area contributed by atoms with Crippen molar-refractivity contribution >= 4 is 0 Å². The molecule has 0 aromatic heterocycles. The smallest absolute Gasteiger partial charge is 0.157 e. The average molecular weight is 342 g/mol. The van der Waals surface area contributed by atoms with E-state index in [9.17, 15) is 10.2 Å². The molecule has 0 aliphatic heterocycles. The molecular weight excluding hydrogens is 312 g/mol. The molecule has 136 valence electrons. The lowest BCUT2D eigenvalue weighted by atomic mass is 10.1. The summed E-state index contributed by atoms with van der Waals surface area (Å²) >= 11 is 0. The molecule has 2 aromatic rings. The van der Waals surface area contributed by atoms with E-state index < -0.39 is 0 Å². The number of aromatic hydroxyl groups is 2. The molecule has 0 aliphatic rings. The third kappa shape index (κ3) is 8.05. The highest BCUT2D eigenvalue weighted by molar-refractivity contribution is 5.40. The molecule has 0 amide bonds. The van der Waals surface area contributed by atoms with Crippen LogP contribution < -0.4 is 10.6 Å². The van der Waals surface area contributed by atoms with Gasteiger partial charge in [-0.15, -0.1) is 0 Å². The highest BCUT2D eigenvalue weighted by atomic mass is 16.3. The minimum atomic E-state index is -0.0610. The molecule has 0 atom stereocenters. The molecule has 4 N–H and O–H groups in total. The van der Waals surface area contributed by atoms with Gasteiger partial charge in [0.25, 0.3) is 0 Å². The second-order valence-electron chi connectivity index (χ2n) is 6.37. The fourth-order valence-corrected chi connectivity index (χ4v) is 2.76. The predicted octanol–water partition coefficient (Wildman–Crippen LogP) is 3.23.